The standard InChI is InChI=1S/C14H19NO6S/c1-10(13(16)20-3)9-15(2)22(18,19)12-7-5-11(6-8-12)14(17)21-4/h5-8,10H,9H2,1-4H3/t10-/m1/s1. The molecule has 0 aliphatic carbocycles. The SMILES string of the molecule is COC(=O)c1ccc(S(=O)(=O)N(C)C[C@@H](C)C(=O)OC)cc1. The van der Waals surface area contributed by atoms with E-state index < -0.39 is 27.9 Å². The zero-order valence-corrected chi connectivity index (χ0v) is 13.7. The summed E-state index contributed by atoms with van der Waals surface area (Å²) in [7, 11) is 0.120. The van der Waals surface area contributed by atoms with Crippen molar-refractivity contribution >= 4 is 22.0 Å². The molecule has 8 heteroatoms. The maximum Gasteiger partial charge on any atom is 0.337 e. The van der Waals surface area contributed by atoms with Gasteiger partial charge in [-0.3, -0.25) is 4.79 Å². The van der Waals surface area contributed by atoms with E-state index in [-0.39, 0.29) is 17.0 Å². The van der Waals surface area contributed by atoms with Crippen LogP contribution in [0, 0.1) is 5.92 Å². The van der Waals surface area contributed by atoms with Gasteiger partial charge in [-0.1, -0.05) is 6.92 Å². The number of carbonyl (C=O) groups is 2. The Morgan fingerprint density at radius 3 is 2.14 bits per heavy atom. The van der Waals surface area contributed by atoms with Crippen molar-refractivity contribution in [3.63, 3.8) is 0 Å². The summed E-state index contributed by atoms with van der Waals surface area (Å²) >= 11 is 0. The maximum atomic E-state index is 12.4. The van der Waals surface area contributed by atoms with Crippen molar-refractivity contribution in [1.29, 1.82) is 0 Å². The molecule has 0 bridgehead atoms. The van der Waals surface area contributed by atoms with Gasteiger partial charge in [-0.25, -0.2) is 17.5 Å². The molecule has 1 aromatic rings. The van der Waals surface area contributed by atoms with Gasteiger partial charge in [0.1, 0.15) is 0 Å². The van der Waals surface area contributed by atoms with Crippen LogP contribution in [0.5, 0.6) is 0 Å². The number of esters is 2. The van der Waals surface area contributed by atoms with Crippen molar-refractivity contribution < 1.29 is 27.5 Å². The van der Waals surface area contributed by atoms with Crippen LogP contribution in [0.25, 0.3) is 0 Å². The summed E-state index contributed by atoms with van der Waals surface area (Å²) < 4.78 is 35.0. The molecule has 0 fully saturated rings. The number of nitrogens with zero attached hydrogens (tertiary/aromatic N) is 1. The van der Waals surface area contributed by atoms with Crippen LogP contribution >= 0.6 is 0 Å². The first-order chi connectivity index (χ1) is 10.2. The second kappa shape index (κ2) is 7.37. The van der Waals surface area contributed by atoms with Gasteiger partial charge in [0.05, 0.1) is 30.6 Å². The lowest BCUT2D eigenvalue weighted by Crippen LogP contribution is -2.34. The highest BCUT2D eigenvalue weighted by atomic mass is 32.2. The predicted molar refractivity (Wildman–Crippen MR) is 78.8 cm³/mol. The van der Waals surface area contributed by atoms with Gasteiger partial charge >= 0.3 is 11.9 Å². The van der Waals surface area contributed by atoms with Gasteiger partial charge in [-0.2, -0.15) is 0 Å². The third-order valence-corrected chi connectivity index (χ3v) is 4.96. The van der Waals surface area contributed by atoms with Gasteiger partial charge < -0.3 is 9.47 Å². The number of hydrogen-bond acceptors (Lipinski definition) is 6. The molecule has 0 unspecified atom stereocenters. The summed E-state index contributed by atoms with van der Waals surface area (Å²) in [5, 5.41) is 0. The fraction of sp³-hybridized carbons (Fsp3) is 0.429. The molecule has 1 rings (SSSR count). The lowest BCUT2D eigenvalue weighted by atomic mass is 10.2. The van der Waals surface area contributed by atoms with Crippen molar-refractivity contribution in [3.8, 4) is 0 Å². The van der Waals surface area contributed by atoms with Crippen LogP contribution in [0.3, 0.4) is 0 Å². The zero-order valence-electron chi connectivity index (χ0n) is 12.9. The van der Waals surface area contributed by atoms with Crippen LogP contribution in [0.2, 0.25) is 0 Å². The third-order valence-electron chi connectivity index (χ3n) is 3.12. The van der Waals surface area contributed by atoms with Crippen LogP contribution in [0.1, 0.15) is 17.3 Å². The lowest BCUT2D eigenvalue weighted by molar-refractivity contribution is -0.144. The smallest absolute Gasteiger partial charge is 0.337 e. The number of sulfonamides is 1. The average molecular weight is 329 g/mol. The molecule has 0 heterocycles. The molecule has 1 aromatic carbocycles. The molecule has 0 saturated carbocycles. The van der Waals surface area contributed by atoms with E-state index >= 15 is 0 Å². The molecule has 0 N–H and O–H groups in total. The molecule has 0 radical (unpaired) electrons. The first kappa shape index (κ1) is 18.1. The topological polar surface area (TPSA) is 90.0 Å². The van der Waals surface area contributed by atoms with Gasteiger partial charge in [0.2, 0.25) is 10.0 Å². The van der Waals surface area contributed by atoms with Gasteiger partial charge in [-0.05, 0) is 24.3 Å². The highest BCUT2D eigenvalue weighted by molar-refractivity contribution is 7.89. The molecule has 1 atom stereocenters. The minimum absolute atomic E-state index is 0.00619. The molecule has 22 heavy (non-hydrogen) atoms. The van der Waals surface area contributed by atoms with Crippen molar-refractivity contribution in [2.45, 2.75) is 11.8 Å². The van der Waals surface area contributed by atoms with Gasteiger partial charge in [0.25, 0.3) is 0 Å². The molecular weight excluding hydrogens is 310 g/mol. The highest BCUT2D eigenvalue weighted by Crippen LogP contribution is 2.17. The Morgan fingerprint density at radius 1 is 1.14 bits per heavy atom. The van der Waals surface area contributed by atoms with E-state index in [9.17, 15) is 18.0 Å². The van der Waals surface area contributed by atoms with Gasteiger partial charge in [-0.15, -0.1) is 0 Å². The number of carbonyl (C=O) groups excluding carboxylic acids is 2. The minimum atomic E-state index is -3.75. The summed E-state index contributed by atoms with van der Waals surface area (Å²) in [6, 6.07) is 5.38. The first-order valence-corrected chi connectivity index (χ1v) is 7.90. The van der Waals surface area contributed by atoms with Crippen molar-refractivity contribution in [2.24, 2.45) is 5.92 Å². The molecule has 122 valence electrons. The Hall–Kier alpha value is -1.93. The molecule has 0 aliphatic heterocycles. The van der Waals surface area contributed by atoms with E-state index in [1.807, 2.05) is 0 Å². The van der Waals surface area contributed by atoms with Crippen molar-refractivity contribution in [3.05, 3.63) is 29.8 Å². The largest absolute Gasteiger partial charge is 0.469 e. The second-order valence-electron chi connectivity index (χ2n) is 4.73. The Labute approximate surface area is 129 Å². The Balaban J connectivity index is 2.94. The van der Waals surface area contributed by atoms with E-state index in [1.54, 1.807) is 6.92 Å². The molecule has 0 saturated heterocycles. The predicted octanol–water partition coefficient (Wildman–Crippen LogP) is 0.903. The average Bonchev–Trinajstić information content (AvgIpc) is 2.53. The van der Waals surface area contributed by atoms with Crippen LogP contribution in [0.15, 0.2) is 29.2 Å². The lowest BCUT2D eigenvalue weighted by Gasteiger charge is -2.20. The monoisotopic (exact) mass is 329 g/mol. The Bertz CT molecular complexity index is 638. The summed E-state index contributed by atoms with van der Waals surface area (Å²) in [5.74, 6) is -1.61. The molecule has 0 spiro atoms. The number of hydrogen-bond donors (Lipinski definition) is 0. The fourth-order valence-electron chi connectivity index (χ4n) is 1.82. The van der Waals surface area contributed by atoms with Crippen LogP contribution in [-0.2, 0) is 24.3 Å². The van der Waals surface area contributed by atoms with E-state index in [4.69, 9.17) is 0 Å². The molecule has 0 aliphatic rings. The van der Waals surface area contributed by atoms with E-state index in [0.717, 1.165) is 4.31 Å². The van der Waals surface area contributed by atoms with Crippen LogP contribution < -0.4 is 0 Å². The van der Waals surface area contributed by atoms with E-state index in [1.165, 1.54) is 45.5 Å². The first-order valence-electron chi connectivity index (χ1n) is 6.46. The molecular formula is C14H19NO6S. The number of rotatable bonds is 6. The number of benzene rings is 1. The summed E-state index contributed by atoms with van der Waals surface area (Å²) in [6.07, 6.45) is 0. The van der Waals surface area contributed by atoms with Gasteiger partial charge in [0, 0.05) is 13.6 Å². The Kier molecular flexibility index (Phi) is 6.07. The quantitative estimate of drug-likeness (QED) is 0.720. The minimum Gasteiger partial charge on any atom is -0.469 e. The zero-order chi connectivity index (χ0) is 16.9. The van der Waals surface area contributed by atoms with Crippen LogP contribution in [-0.4, -0.2) is 52.5 Å². The second-order valence-corrected chi connectivity index (χ2v) is 6.77. The Morgan fingerprint density at radius 2 is 1.68 bits per heavy atom. The summed E-state index contributed by atoms with van der Waals surface area (Å²) in [4.78, 5) is 22.7. The summed E-state index contributed by atoms with van der Waals surface area (Å²) in [5.41, 5.74) is 0.257. The highest BCUT2D eigenvalue weighted by Gasteiger charge is 2.25. The van der Waals surface area contributed by atoms with Crippen LogP contribution in [0.4, 0.5) is 0 Å². The van der Waals surface area contributed by atoms with E-state index in [2.05, 4.69) is 9.47 Å². The van der Waals surface area contributed by atoms with Crippen molar-refractivity contribution in [1.82, 2.24) is 4.31 Å². The van der Waals surface area contributed by atoms with E-state index in [0.29, 0.717) is 0 Å². The molecule has 0 aromatic heterocycles. The normalized spacial score (nSPS) is 12.8. The number of ether oxygens (including phenoxy) is 2. The van der Waals surface area contributed by atoms with Gasteiger partial charge in [0.15, 0.2) is 0 Å². The molecule has 0 amide bonds. The molecule has 7 nitrogen and oxygen atoms in total. The maximum absolute atomic E-state index is 12.4. The fourth-order valence-corrected chi connectivity index (χ4v) is 3.08. The third kappa shape index (κ3) is 4.05. The van der Waals surface area contributed by atoms with Crippen molar-refractivity contribution in [2.75, 3.05) is 27.8 Å². The number of methoxy groups -OCH3 is 2. The summed E-state index contributed by atoms with van der Waals surface area (Å²) in [6.45, 7) is 1.58.